The van der Waals surface area contributed by atoms with Gasteiger partial charge in [-0.25, -0.2) is 0 Å². The fraction of sp³-hybridized carbons (Fsp3) is 0.400. The van der Waals surface area contributed by atoms with Crippen LogP contribution in [0.4, 0.5) is 0 Å². The molecule has 2 aliphatic heterocycles. The van der Waals surface area contributed by atoms with E-state index in [0.29, 0.717) is 46.7 Å². The van der Waals surface area contributed by atoms with Gasteiger partial charge in [-0.1, -0.05) is 6.07 Å². The number of aromatic hydroxyl groups is 1. The minimum atomic E-state index is 0.0370. The van der Waals surface area contributed by atoms with E-state index in [1.54, 1.807) is 42.7 Å². The van der Waals surface area contributed by atoms with Crippen molar-refractivity contribution >= 4 is 0 Å². The first-order chi connectivity index (χ1) is 24.2. The molecule has 1 aliphatic carbocycles. The highest BCUT2D eigenvalue weighted by molar-refractivity contribution is 5.85. The standard InChI is InChI=1S/C40H46N2O8/c1-41-13-11-22-17-31(45-4)32(46-5)20-26(22)28(41)15-24-9-10-30(44-3)40(49-8)39(24)50-34-19-25-16-29-36-23(12-14-42(29)2)18-35(48-7)38(43)37(36)27(25)21-33(34)47-6/h9-10,17-21,28-29,43H,11-16H2,1-8H3/t28-,29-/m0/s1. The molecule has 0 unspecified atom stereocenters. The van der Waals surface area contributed by atoms with Gasteiger partial charge >= 0.3 is 0 Å². The number of nitrogens with zero attached hydrogens (tertiary/aromatic N) is 2. The third-order valence-electron chi connectivity index (χ3n) is 10.8. The lowest BCUT2D eigenvalue weighted by atomic mass is 9.76. The summed E-state index contributed by atoms with van der Waals surface area (Å²) >= 11 is 0. The van der Waals surface area contributed by atoms with E-state index in [2.05, 4.69) is 36.0 Å². The Balaban J connectivity index is 1.34. The van der Waals surface area contributed by atoms with Crippen molar-refractivity contribution in [3.05, 3.63) is 75.8 Å². The molecule has 0 amide bonds. The fourth-order valence-corrected chi connectivity index (χ4v) is 8.06. The first-order valence-corrected chi connectivity index (χ1v) is 17.0. The topological polar surface area (TPSA) is 91.3 Å². The first-order valence-electron chi connectivity index (χ1n) is 17.0. The highest BCUT2D eigenvalue weighted by Gasteiger charge is 2.37. The van der Waals surface area contributed by atoms with E-state index in [-0.39, 0.29) is 17.8 Å². The molecule has 50 heavy (non-hydrogen) atoms. The largest absolute Gasteiger partial charge is 0.504 e. The lowest BCUT2D eigenvalue weighted by molar-refractivity contribution is 0.225. The molecule has 0 aromatic heterocycles. The maximum atomic E-state index is 11.5. The van der Waals surface area contributed by atoms with Crippen LogP contribution >= 0.6 is 0 Å². The summed E-state index contributed by atoms with van der Waals surface area (Å²) in [7, 11) is 14.1. The molecule has 3 aliphatic rings. The predicted molar refractivity (Wildman–Crippen MR) is 191 cm³/mol. The zero-order chi connectivity index (χ0) is 35.3. The van der Waals surface area contributed by atoms with Crippen molar-refractivity contribution in [2.75, 3.05) is 69.8 Å². The van der Waals surface area contributed by atoms with Crippen molar-refractivity contribution in [2.45, 2.75) is 37.8 Å². The number of ether oxygens (including phenoxy) is 7. The van der Waals surface area contributed by atoms with Gasteiger partial charge in [0.2, 0.25) is 5.75 Å². The Hall–Kier alpha value is -4.80. The van der Waals surface area contributed by atoms with Crippen LogP contribution in [0.5, 0.6) is 51.7 Å². The molecule has 0 radical (unpaired) electrons. The van der Waals surface area contributed by atoms with Gasteiger partial charge in [-0.2, -0.15) is 0 Å². The van der Waals surface area contributed by atoms with Gasteiger partial charge in [-0.15, -0.1) is 0 Å². The van der Waals surface area contributed by atoms with Crippen molar-refractivity contribution in [1.29, 1.82) is 0 Å². The summed E-state index contributed by atoms with van der Waals surface area (Å²) < 4.78 is 41.6. The second-order valence-corrected chi connectivity index (χ2v) is 13.2. The van der Waals surface area contributed by atoms with E-state index in [9.17, 15) is 5.11 Å². The number of hydrogen-bond donors (Lipinski definition) is 1. The van der Waals surface area contributed by atoms with Crippen LogP contribution in [0.3, 0.4) is 0 Å². The minimum Gasteiger partial charge on any atom is -0.504 e. The molecule has 2 atom stereocenters. The Morgan fingerprint density at radius 3 is 1.96 bits per heavy atom. The molecule has 0 saturated carbocycles. The number of hydrogen-bond acceptors (Lipinski definition) is 10. The summed E-state index contributed by atoms with van der Waals surface area (Å²) in [6.07, 6.45) is 3.19. The van der Waals surface area contributed by atoms with E-state index in [4.69, 9.17) is 33.2 Å². The van der Waals surface area contributed by atoms with Crippen molar-refractivity contribution in [1.82, 2.24) is 9.80 Å². The molecule has 4 aromatic carbocycles. The molecular formula is C40H46N2O8. The van der Waals surface area contributed by atoms with Crippen molar-refractivity contribution < 1.29 is 38.3 Å². The molecule has 1 N–H and O–H groups in total. The van der Waals surface area contributed by atoms with Crippen LogP contribution in [0.1, 0.15) is 45.5 Å². The Morgan fingerprint density at radius 1 is 0.640 bits per heavy atom. The molecule has 10 nitrogen and oxygen atoms in total. The molecule has 0 saturated heterocycles. The zero-order valence-corrected chi connectivity index (χ0v) is 30.1. The van der Waals surface area contributed by atoms with E-state index in [1.165, 1.54) is 16.7 Å². The fourth-order valence-electron chi connectivity index (χ4n) is 8.06. The number of phenolic OH excluding ortho intramolecular Hbond substituents is 1. The van der Waals surface area contributed by atoms with Crippen molar-refractivity contribution in [2.24, 2.45) is 0 Å². The van der Waals surface area contributed by atoms with Gasteiger partial charge in [0.05, 0.1) is 42.7 Å². The molecule has 7 rings (SSSR count). The quantitative estimate of drug-likeness (QED) is 0.194. The maximum absolute atomic E-state index is 11.5. The average molecular weight is 683 g/mol. The van der Waals surface area contributed by atoms with Gasteiger partial charge in [0, 0.05) is 36.3 Å². The molecule has 4 aromatic rings. The van der Waals surface area contributed by atoms with Gasteiger partial charge < -0.3 is 38.3 Å². The van der Waals surface area contributed by atoms with Gasteiger partial charge in [0.25, 0.3) is 0 Å². The van der Waals surface area contributed by atoms with Crippen LogP contribution in [-0.4, -0.2) is 84.7 Å². The van der Waals surface area contributed by atoms with Crippen LogP contribution in [0.2, 0.25) is 0 Å². The van der Waals surface area contributed by atoms with Gasteiger partial charge in [0.1, 0.15) is 0 Å². The third-order valence-corrected chi connectivity index (χ3v) is 10.8. The van der Waals surface area contributed by atoms with Crippen LogP contribution in [0, 0.1) is 0 Å². The number of phenols is 1. The number of benzene rings is 4. The average Bonchev–Trinajstić information content (AvgIpc) is 3.14. The van der Waals surface area contributed by atoms with E-state index >= 15 is 0 Å². The summed E-state index contributed by atoms with van der Waals surface area (Å²) in [6, 6.07) is 14.3. The summed E-state index contributed by atoms with van der Waals surface area (Å²) in [4.78, 5) is 4.72. The lowest BCUT2D eigenvalue weighted by Gasteiger charge is -2.40. The number of methoxy groups -OCH3 is 6. The normalized spacial score (nSPS) is 18.0. The maximum Gasteiger partial charge on any atom is 0.204 e. The predicted octanol–water partition coefficient (Wildman–Crippen LogP) is 6.76. The second kappa shape index (κ2) is 13.5. The highest BCUT2D eigenvalue weighted by atomic mass is 16.5. The van der Waals surface area contributed by atoms with Gasteiger partial charge in [0.15, 0.2) is 46.0 Å². The summed E-state index contributed by atoms with van der Waals surface area (Å²) in [6.45, 7) is 1.81. The van der Waals surface area contributed by atoms with Crippen LogP contribution in [0.15, 0.2) is 42.5 Å². The molecule has 264 valence electrons. The van der Waals surface area contributed by atoms with Crippen molar-refractivity contribution in [3.8, 4) is 62.9 Å². The van der Waals surface area contributed by atoms with E-state index in [0.717, 1.165) is 65.9 Å². The Kier molecular flexibility index (Phi) is 9.09. The van der Waals surface area contributed by atoms with Crippen LogP contribution in [-0.2, 0) is 25.7 Å². The van der Waals surface area contributed by atoms with Crippen molar-refractivity contribution in [3.63, 3.8) is 0 Å². The van der Waals surface area contributed by atoms with Crippen LogP contribution < -0.4 is 33.2 Å². The first kappa shape index (κ1) is 33.7. The molecule has 2 heterocycles. The number of fused-ring (bicyclic) bond motifs is 3. The molecule has 0 fully saturated rings. The monoisotopic (exact) mass is 682 g/mol. The SMILES string of the molecule is COc1cc2c(cc1OC)[C@H](Cc1ccc(OC)c(OC)c1Oc1cc3c(cc1OC)-c1c(O)c(OC)cc4c1[C@H](C3)N(C)CC4)N(C)CC2. The van der Waals surface area contributed by atoms with Gasteiger partial charge in [-0.05, 0) is 110 Å². The smallest absolute Gasteiger partial charge is 0.204 e. The Morgan fingerprint density at radius 2 is 1.26 bits per heavy atom. The minimum absolute atomic E-state index is 0.0370. The Bertz CT molecular complexity index is 1940. The lowest BCUT2D eigenvalue weighted by Crippen LogP contribution is -2.35. The molecule has 0 spiro atoms. The zero-order valence-electron chi connectivity index (χ0n) is 30.1. The van der Waals surface area contributed by atoms with E-state index < -0.39 is 0 Å². The van der Waals surface area contributed by atoms with E-state index in [1.807, 2.05) is 30.3 Å². The summed E-state index contributed by atoms with van der Waals surface area (Å²) in [5.41, 5.74) is 8.50. The molecule has 0 bridgehead atoms. The number of likely N-dealkylation sites (N-methyl/N-ethyl adjacent to an activating group) is 2. The van der Waals surface area contributed by atoms with Gasteiger partial charge in [-0.3, -0.25) is 9.80 Å². The Labute approximate surface area is 294 Å². The second-order valence-electron chi connectivity index (χ2n) is 13.2. The highest BCUT2D eigenvalue weighted by Crippen LogP contribution is 2.55. The third kappa shape index (κ3) is 5.51. The number of rotatable bonds is 10. The molecule has 10 heteroatoms. The summed E-state index contributed by atoms with van der Waals surface area (Å²) in [5.74, 6) is 4.77. The summed E-state index contributed by atoms with van der Waals surface area (Å²) in [5, 5.41) is 11.5. The molecular weight excluding hydrogens is 636 g/mol. The van der Waals surface area contributed by atoms with Crippen LogP contribution in [0.25, 0.3) is 11.1 Å².